The summed E-state index contributed by atoms with van der Waals surface area (Å²) in [7, 11) is 0. The Balaban J connectivity index is 2.32. The normalized spacial score (nSPS) is 21.5. The van der Waals surface area contributed by atoms with Crippen LogP contribution in [-0.2, 0) is 5.92 Å². The first kappa shape index (κ1) is 12.5. The lowest BCUT2D eigenvalue weighted by Gasteiger charge is -2.32. The van der Waals surface area contributed by atoms with Crippen LogP contribution in [0.3, 0.4) is 0 Å². The molecule has 0 aromatic heterocycles. The van der Waals surface area contributed by atoms with E-state index in [1.165, 1.54) is 0 Å². The molecule has 2 rings (SSSR count). The quantitative estimate of drug-likeness (QED) is 0.832. The highest BCUT2D eigenvalue weighted by Crippen LogP contribution is 2.37. The summed E-state index contributed by atoms with van der Waals surface area (Å²) in [6.45, 7) is 4.31. The third-order valence-corrected chi connectivity index (χ3v) is 3.50. The van der Waals surface area contributed by atoms with E-state index in [1.807, 2.05) is 13.0 Å². The predicted molar refractivity (Wildman–Crippen MR) is 65.5 cm³/mol. The molecule has 0 saturated carbocycles. The Morgan fingerprint density at radius 3 is 2.65 bits per heavy atom. The molecule has 1 heterocycles. The summed E-state index contributed by atoms with van der Waals surface area (Å²) in [4.78, 5) is 0. The first-order valence-electron chi connectivity index (χ1n) is 6.21. The van der Waals surface area contributed by atoms with Gasteiger partial charge in [-0.05, 0) is 44.9 Å². The van der Waals surface area contributed by atoms with Crippen molar-refractivity contribution >= 4 is 0 Å². The Morgan fingerprint density at radius 1 is 1.24 bits per heavy atom. The van der Waals surface area contributed by atoms with Crippen molar-refractivity contribution in [1.29, 1.82) is 0 Å². The maximum atomic E-state index is 14.4. The van der Waals surface area contributed by atoms with E-state index in [1.54, 1.807) is 19.1 Å². The SMILES string of the molecule is Cc1ccc(C)c(C(F)(F)C2CCCCN2)c1. The minimum atomic E-state index is -2.77. The van der Waals surface area contributed by atoms with Gasteiger partial charge in [0, 0.05) is 5.56 Å². The molecule has 94 valence electrons. The highest BCUT2D eigenvalue weighted by atomic mass is 19.3. The Hall–Kier alpha value is -0.960. The molecule has 0 amide bonds. The van der Waals surface area contributed by atoms with Crippen molar-refractivity contribution in [2.75, 3.05) is 6.54 Å². The molecule has 3 heteroatoms. The van der Waals surface area contributed by atoms with Crippen LogP contribution >= 0.6 is 0 Å². The average Bonchev–Trinajstić information content (AvgIpc) is 2.33. The number of halogens is 2. The van der Waals surface area contributed by atoms with Crippen molar-refractivity contribution in [3.05, 3.63) is 34.9 Å². The van der Waals surface area contributed by atoms with E-state index in [4.69, 9.17) is 0 Å². The molecule has 1 atom stereocenters. The van der Waals surface area contributed by atoms with Gasteiger partial charge in [0.2, 0.25) is 0 Å². The number of aryl methyl sites for hydroxylation is 2. The number of alkyl halides is 2. The van der Waals surface area contributed by atoms with Gasteiger partial charge in [0.1, 0.15) is 0 Å². The van der Waals surface area contributed by atoms with Gasteiger partial charge in [0.25, 0.3) is 5.92 Å². The molecule has 1 saturated heterocycles. The predicted octanol–water partition coefficient (Wildman–Crippen LogP) is 3.54. The molecule has 1 aliphatic rings. The van der Waals surface area contributed by atoms with E-state index in [0.29, 0.717) is 18.5 Å². The van der Waals surface area contributed by atoms with Crippen molar-refractivity contribution in [2.45, 2.75) is 45.1 Å². The first-order valence-corrected chi connectivity index (χ1v) is 6.21. The standard InChI is InChI=1S/C14H19F2N/c1-10-6-7-11(2)12(9-10)14(15,16)13-5-3-4-8-17-13/h6-7,9,13,17H,3-5,8H2,1-2H3. The van der Waals surface area contributed by atoms with Gasteiger partial charge < -0.3 is 5.32 Å². The summed E-state index contributed by atoms with van der Waals surface area (Å²) in [5.74, 6) is -2.77. The number of piperidine rings is 1. The number of hydrogen-bond acceptors (Lipinski definition) is 1. The van der Waals surface area contributed by atoms with Crippen LogP contribution in [0.25, 0.3) is 0 Å². The minimum absolute atomic E-state index is 0.178. The van der Waals surface area contributed by atoms with E-state index in [2.05, 4.69) is 5.32 Å². The zero-order valence-corrected chi connectivity index (χ0v) is 10.4. The summed E-state index contributed by atoms with van der Waals surface area (Å²) in [5.41, 5.74) is 1.74. The smallest absolute Gasteiger partial charge is 0.288 e. The van der Waals surface area contributed by atoms with E-state index in [-0.39, 0.29) is 5.56 Å². The number of rotatable bonds is 2. The summed E-state index contributed by atoms with van der Waals surface area (Å²) in [5, 5.41) is 2.95. The van der Waals surface area contributed by atoms with E-state index in [0.717, 1.165) is 18.4 Å². The summed E-state index contributed by atoms with van der Waals surface area (Å²) >= 11 is 0. The number of nitrogens with one attached hydrogen (secondary N) is 1. The Labute approximate surface area is 101 Å². The molecular weight excluding hydrogens is 220 g/mol. The van der Waals surface area contributed by atoms with Crippen molar-refractivity contribution in [3.8, 4) is 0 Å². The second-order valence-corrected chi connectivity index (χ2v) is 4.94. The van der Waals surface area contributed by atoms with Gasteiger partial charge in [-0.25, -0.2) is 0 Å². The Morgan fingerprint density at radius 2 is 2.00 bits per heavy atom. The third-order valence-electron chi connectivity index (χ3n) is 3.50. The topological polar surface area (TPSA) is 12.0 Å². The van der Waals surface area contributed by atoms with Crippen molar-refractivity contribution in [1.82, 2.24) is 5.32 Å². The average molecular weight is 239 g/mol. The summed E-state index contributed by atoms with van der Waals surface area (Å²) in [6, 6.07) is 4.56. The van der Waals surface area contributed by atoms with Gasteiger partial charge in [-0.2, -0.15) is 8.78 Å². The van der Waals surface area contributed by atoms with Gasteiger partial charge in [0.15, 0.2) is 0 Å². The van der Waals surface area contributed by atoms with Crippen LogP contribution in [0.15, 0.2) is 18.2 Å². The zero-order chi connectivity index (χ0) is 12.5. The van der Waals surface area contributed by atoms with Crippen LogP contribution in [0.2, 0.25) is 0 Å². The molecule has 1 unspecified atom stereocenters. The van der Waals surface area contributed by atoms with E-state index < -0.39 is 12.0 Å². The van der Waals surface area contributed by atoms with Gasteiger partial charge in [-0.3, -0.25) is 0 Å². The van der Waals surface area contributed by atoms with Gasteiger partial charge in [-0.15, -0.1) is 0 Å². The van der Waals surface area contributed by atoms with Crippen molar-refractivity contribution in [3.63, 3.8) is 0 Å². The molecule has 1 aromatic rings. The molecule has 17 heavy (non-hydrogen) atoms. The number of hydrogen-bond donors (Lipinski definition) is 1. The van der Waals surface area contributed by atoms with Gasteiger partial charge in [-0.1, -0.05) is 24.1 Å². The van der Waals surface area contributed by atoms with E-state index in [9.17, 15) is 8.78 Å². The van der Waals surface area contributed by atoms with Crippen LogP contribution in [-0.4, -0.2) is 12.6 Å². The van der Waals surface area contributed by atoms with Crippen molar-refractivity contribution in [2.24, 2.45) is 0 Å². The fourth-order valence-corrected chi connectivity index (χ4v) is 2.44. The molecule has 0 bridgehead atoms. The molecule has 1 aliphatic heterocycles. The Kier molecular flexibility index (Phi) is 3.48. The lowest BCUT2D eigenvalue weighted by atomic mass is 9.90. The molecule has 0 radical (unpaired) electrons. The maximum absolute atomic E-state index is 14.4. The highest BCUT2D eigenvalue weighted by molar-refractivity contribution is 5.34. The van der Waals surface area contributed by atoms with Crippen LogP contribution < -0.4 is 5.32 Å². The summed E-state index contributed by atoms with van der Waals surface area (Å²) < 4.78 is 28.8. The summed E-state index contributed by atoms with van der Waals surface area (Å²) in [6.07, 6.45) is 2.44. The van der Waals surface area contributed by atoms with Gasteiger partial charge >= 0.3 is 0 Å². The van der Waals surface area contributed by atoms with Crippen LogP contribution in [0.4, 0.5) is 8.78 Å². The molecular formula is C14H19F2N. The lowest BCUT2D eigenvalue weighted by molar-refractivity contribution is -0.0517. The van der Waals surface area contributed by atoms with Crippen molar-refractivity contribution < 1.29 is 8.78 Å². The fraction of sp³-hybridized carbons (Fsp3) is 0.571. The molecule has 1 fully saturated rings. The van der Waals surface area contributed by atoms with Gasteiger partial charge in [0.05, 0.1) is 6.04 Å². The molecule has 0 aliphatic carbocycles. The lowest BCUT2D eigenvalue weighted by Crippen LogP contribution is -2.46. The minimum Gasteiger partial charge on any atom is -0.308 e. The van der Waals surface area contributed by atoms with Crippen LogP contribution in [0.1, 0.15) is 36.0 Å². The second-order valence-electron chi connectivity index (χ2n) is 4.94. The molecule has 1 N–H and O–H groups in total. The number of benzene rings is 1. The second kappa shape index (κ2) is 4.73. The maximum Gasteiger partial charge on any atom is 0.288 e. The van der Waals surface area contributed by atoms with Crippen LogP contribution in [0, 0.1) is 13.8 Å². The molecule has 0 spiro atoms. The largest absolute Gasteiger partial charge is 0.308 e. The Bertz CT molecular complexity index is 395. The third kappa shape index (κ3) is 2.49. The molecule has 1 aromatic carbocycles. The first-order chi connectivity index (χ1) is 8.01. The molecule has 1 nitrogen and oxygen atoms in total. The zero-order valence-electron chi connectivity index (χ0n) is 10.4. The highest BCUT2D eigenvalue weighted by Gasteiger charge is 2.42. The fourth-order valence-electron chi connectivity index (χ4n) is 2.44. The monoisotopic (exact) mass is 239 g/mol. The van der Waals surface area contributed by atoms with E-state index >= 15 is 0 Å². The van der Waals surface area contributed by atoms with Crippen LogP contribution in [0.5, 0.6) is 0 Å².